The summed E-state index contributed by atoms with van der Waals surface area (Å²) in [5, 5.41) is 2.79. The van der Waals surface area contributed by atoms with Crippen molar-refractivity contribution < 1.29 is 17.9 Å². The maximum absolute atomic E-state index is 12.4. The molecule has 0 bridgehead atoms. The van der Waals surface area contributed by atoms with E-state index in [0.717, 1.165) is 24.9 Å². The van der Waals surface area contributed by atoms with Crippen molar-refractivity contribution in [3.8, 4) is 5.75 Å². The molecule has 1 amide bonds. The Morgan fingerprint density at radius 3 is 2.72 bits per heavy atom. The Hall–Kier alpha value is -2.34. The number of carbonyl (C=O) groups is 1. The van der Waals surface area contributed by atoms with Gasteiger partial charge in [0, 0.05) is 12.1 Å². The van der Waals surface area contributed by atoms with Crippen molar-refractivity contribution >= 4 is 21.4 Å². The molecule has 1 aliphatic rings. The van der Waals surface area contributed by atoms with Gasteiger partial charge in [-0.3, -0.25) is 4.79 Å². The van der Waals surface area contributed by atoms with Gasteiger partial charge in [-0.1, -0.05) is 12.1 Å². The van der Waals surface area contributed by atoms with Gasteiger partial charge in [0.25, 0.3) is 0 Å². The van der Waals surface area contributed by atoms with Crippen molar-refractivity contribution in [2.75, 3.05) is 18.2 Å². The lowest BCUT2D eigenvalue weighted by Crippen LogP contribution is -2.17. The van der Waals surface area contributed by atoms with Crippen LogP contribution in [0.2, 0.25) is 0 Å². The molecule has 3 rings (SSSR count). The van der Waals surface area contributed by atoms with E-state index in [1.54, 1.807) is 12.1 Å². The average molecular weight is 359 g/mol. The number of hydrogen-bond donors (Lipinski definition) is 1. The monoisotopic (exact) mass is 359 g/mol. The molecule has 5 nitrogen and oxygen atoms in total. The van der Waals surface area contributed by atoms with Crippen molar-refractivity contribution in [1.82, 2.24) is 0 Å². The fraction of sp³-hybridized carbons (Fsp3) is 0.316. The van der Waals surface area contributed by atoms with E-state index in [4.69, 9.17) is 4.74 Å². The summed E-state index contributed by atoms with van der Waals surface area (Å²) < 4.78 is 29.8. The summed E-state index contributed by atoms with van der Waals surface area (Å²) in [6, 6.07) is 12.2. The summed E-state index contributed by atoms with van der Waals surface area (Å²) in [5.74, 6) is -0.0650. The number of amides is 1. The molecule has 2 aromatic rings. The van der Waals surface area contributed by atoms with Gasteiger partial charge >= 0.3 is 0 Å². The maximum atomic E-state index is 12.4. The summed E-state index contributed by atoms with van der Waals surface area (Å²) in [4.78, 5) is 12.3. The van der Waals surface area contributed by atoms with Crippen LogP contribution in [-0.2, 0) is 27.5 Å². The molecule has 0 saturated carbocycles. The molecule has 0 unspecified atom stereocenters. The van der Waals surface area contributed by atoms with E-state index in [2.05, 4.69) is 5.32 Å². The van der Waals surface area contributed by atoms with Crippen molar-refractivity contribution in [3.63, 3.8) is 0 Å². The number of rotatable bonds is 6. The lowest BCUT2D eigenvalue weighted by atomic mass is 10.1. The highest BCUT2D eigenvalue weighted by Gasteiger charge is 2.18. The second kappa shape index (κ2) is 7.27. The first-order valence-electron chi connectivity index (χ1n) is 8.26. The SMILES string of the molecule is COc1cccc(S(=O)(=O)CCC(=O)Nc2ccc3c(c2)CCC3)c1. The van der Waals surface area contributed by atoms with Crippen LogP contribution in [-0.4, -0.2) is 27.2 Å². The minimum absolute atomic E-state index is 0.0867. The first-order valence-corrected chi connectivity index (χ1v) is 9.91. The van der Waals surface area contributed by atoms with Crippen LogP contribution in [0, 0.1) is 0 Å². The van der Waals surface area contributed by atoms with Crippen LogP contribution >= 0.6 is 0 Å². The van der Waals surface area contributed by atoms with Crippen molar-refractivity contribution in [1.29, 1.82) is 0 Å². The zero-order valence-electron chi connectivity index (χ0n) is 14.1. The predicted molar refractivity (Wildman–Crippen MR) is 96.8 cm³/mol. The summed E-state index contributed by atoms with van der Waals surface area (Å²) in [7, 11) is -2.05. The van der Waals surface area contributed by atoms with Gasteiger partial charge in [0.1, 0.15) is 5.75 Å². The maximum Gasteiger partial charge on any atom is 0.225 e. The van der Waals surface area contributed by atoms with Gasteiger partial charge in [0.05, 0.1) is 17.8 Å². The number of fused-ring (bicyclic) bond motifs is 1. The number of methoxy groups -OCH3 is 1. The van der Waals surface area contributed by atoms with E-state index in [0.29, 0.717) is 5.75 Å². The smallest absolute Gasteiger partial charge is 0.225 e. The minimum atomic E-state index is -3.53. The molecular weight excluding hydrogens is 338 g/mol. The first kappa shape index (κ1) is 17.5. The standard InChI is InChI=1S/C19H21NO4S/c1-24-17-6-3-7-18(13-17)25(22,23)11-10-19(21)20-16-9-8-14-4-2-5-15(14)12-16/h3,6-9,12-13H,2,4-5,10-11H2,1H3,(H,20,21). The van der Waals surface area contributed by atoms with E-state index >= 15 is 0 Å². The Kier molecular flexibility index (Phi) is 5.08. The molecule has 2 aromatic carbocycles. The minimum Gasteiger partial charge on any atom is -0.497 e. The Bertz CT molecular complexity index is 890. The molecule has 0 fully saturated rings. The summed E-state index contributed by atoms with van der Waals surface area (Å²) in [6.45, 7) is 0. The molecule has 6 heteroatoms. The molecule has 0 atom stereocenters. The van der Waals surface area contributed by atoms with Crippen LogP contribution in [0.1, 0.15) is 24.0 Å². The Balaban J connectivity index is 1.61. The first-order chi connectivity index (χ1) is 12.0. The molecule has 0 spiro atoms. The van der Waals surface area contributed by atoms with Gasteiger partial charge < -0.3 is 10.1 Å². The van der Waals surface area contributed by atoms with Crippen LogP contribution < -0.4 is 10.1 Å². The van der Waals surface area contributed by atoms with Gasteiger partial charge in [0.15, 0.2) is 9.84 Å². The number of aryl methyl sites for hydroxylation is 2. The third kappa shape index (κ3) is 4.20. The predicted octanol–water partition coefficient (Wildman–Crippen LogP) is 2.99. The molecule has 132 valence electrons. The number of carbonyl (C=O) groups excluding carboxylic acids is 1. The van der Waals surface area contributed by atoms with Gasteiger partial charge in [-0.15, -0.1) is 0 Å². The van der Waals surface area contributed by atoms with Gasteiger partial charge in [-0.05, 0) is 60.7 Å². The normalized spacial score (nSPS) is 13.3. The van der Waals surface area contributed by atoms with Crippen LogP contribution in [0.4, 0.5) is 5.69 Å². The van der Waals surface area contributed by atoms with Gasteiger partial charge in [-0.2, -0.15) is 0 Å². The quantitative estimate of drug-likeness (QED) is 0.861. The van der Waals surface area contributed by atoms with Gasteiger partial charge in [-0.25, -0.2) is 8.42 Å². The largest absolute Gasteiger partial charge is 0.497 e. The molecule has 1 aliphatic carbocycles. The van der Waals surface area contributed by atoms with Crippen molar-refractivity contribution in [2.24, 2.45) is 0 Å². The fourth-order valence-electron chi connectivity index (χ4n) is 3.01. The third-order valence-corrected chi connectivity index (χ3v) is 6.09. The number of nitrogens with one attached hydrogen (secondary N) is 1. The van der Waals surface area contributed by atoms with E-state index in [9.17, 15) is 13.2 Å². The Morgan fingerprint density at radius 1 is 1.12 bits per heavy atom. The van der Waals surface area contributed by atoms with E-state index in [-0.39, 0.29) is 23.0 Å². The summed E-state index contributed by atoms with van der Waals surface area (Å²) in [6.07, 6.45) is 3.17. The fourth-order valence-corrected chi connectivity index (χ4v) is 4.28. The summed E-state index contributed by atoms with van der Waals surface area (Å²) in [5.41, 5.74) is 3.32. The number of sulfone groups is 1. The number of benzene rings is 2. The highest BCUT2D eigenvalue weighted by Crippen LogP contribution is 2.25. The second-order valence-corrected chi connectivity index (χ2v) is 8.24. The van der Waals surface area contributed by atoms with E-state index in [1.807, 2.05) is 18.2 Å². The number of hydrogen-bond acceptors (Lipinski definition) is 4. The van der Waals surface area contributed by atoms with E-state index in [1.165, 1.54) is 30.4 Å². The number of ether oxygens (including phenoxy) is 1. The second-order valence-electron chi connectivity index (χ2n) is 6.13. The third-order valence-electron chi connectivity index (χ3n) is 4.38. The highest BCUT2D eigenvalue weighted by atomic mass is 32.2. The Labute approximate surface area is 147 Å². The van der Waals surface area contributed by atoms with Crippen LogP contribution in [0.3, 0.4) is 0 Å². The van der Waals surface area contributed by atoms with Crippen molar-refractivity contribution in [2.45, 2.75) is 30.6 Å². The van der Waals surface area contributed by atoms with Crippen LogP contribution in [0.25, 0.3) is 0 Å². The van der Waals surface area contributed by atoms with Gasteiger partial charge in [0.2, 0.25) is 5.91 Å². The zero-order chi connectivity index (χ0) is 17.9. The molecule has 0 aliphatic heterocycles. The lowest BCUT2D eigenvalue weighted by Gasteiger charge is -2.09. The lowest BCUT2D eigenvalue weighted by molar-refractivity contribution is -0.115. The molecule has 0 aromatic heterocycles. The summed E-state index contributed by atoms with van der Waals surface area (Å²) >= 11 is 0. The van der Waals surface area contributed by atoms with Crippen LogP contribution in [0.15, 0.2) is 47.4 Å². The van der Waals surface area contributed by atoms with E-state index < -0.39 is 9.84 Å². The highest BCUT2D eigenvalue weighted by molar-refractivity contribution is 7.91. The average Bonchev–Trinajstić information content (AvgIpc) is 3.08. The topological polar surface area (TPSA) is 72.5 Å². The molecule has 0 heterocycles. The number of anilines is 1. The molecule has 25 heavy (non-hydrogen) atoms. The molecule has 0 radical (unpaired) electrons. The molecule has 1 N–H and O–H groups in total. The van der Waals surface area contributed by atoms with Crippen molar-refractivity contribution in [3.05, 3.63) is 53.6 Å². The van der Waals surface area contributed by atoms with Crippen LogP contribution in [0.5, 0.6) is 5.75 Å². The molecule has 0 saturated heterocycles. The Morgan fingerprint density at radius 2 is 1.92 bits per heavy atom. The zero-order valence-corrected chi connectivity index (χ0v) is 14.9. The molecular formula is C19H21NO4S.